The van der Waals surface area contributed by atoms with E-state index < -0.39 is 11.6 Å². The number of hydrogen-bond donors (Lipinski definition) is 3. The molecule has 0 unspecified atom stereocenters. The minimum atomic E-state index is -0.442. The number of aromatic nitrogens is 5. The molecule has 9 nitrogen and oxygen atoms in total. The maximum Gasteiger partial charge on any atom is 0.323 e. The van der Waals surface area contributed by atoms with Crippen LogP contribution in [0.3, 0.4) is 0 Å². The van der Waals surface area contributed by atoms with Crippen LogP contribution in [0.2, 0.25) is 0 Å². The lowest BCUT2D eigenvalue weighted by atomic mass is 10.1. The molecule has 1 amide bonds. The molecule has 0 radical (unpaired) electrons. The number of amides is 1. The number of nitrogens with one attached hydrogen (secondary N) is 3. The lowest BCUT2D eigenvalue weighted by Gasteiger charge is -2.08. The van der Waals surface area contributed by atoms with E-state index in [4.69, 9.17) is 4.52 Å². The highest BCUT2D eigenvalue weighted by Gasteiger charge is 2.14. The van der Waals surface area contributed by atoms with Crippen molar-refractivity contribution in [2.24, 2.45) is 0 Å². The van der Waals surface area contributed by atoms with Crippen LogP contribution < -0.4 is 11.0 Å². The van der Waals surface area contributed by atoms with Crippen LogP contribution in [-0.4, -0.2) is 31.0 Å². The Morgan fingerprint density at radius 3 is 2.74 bits per heavy atom. The molecule has 0 fully saturated rings. The quantitative estimate of drug-likeness (QED) is 0.498. The molecule has 0 atom stereocenters. The average Bonchev–Trinajstić information content (AvgIpc) is 3.33. The second-order valence-corrected chi connectivity index (χ2v) is 5.69. The summed E-state index contributed by atoms with van der Waals surface area (Å²) in [5.74, 6) is 0.459. The average molecular weight is 362 g/mol. The Morgan fingerprint density at radius 2 is 1.96 bits per heavy atom. The smallest absolute Gasteiger partial charge is 0.323 e. The van der Waals surface area contributed by atoms with Gasteiger partial charge in [-0.3, -0.25) is 9.78 Å². The van der Waals surface area contributed by atoms with E-state index in [1.165, 1.54) is 6.20 Å². The van der Waals surface area contributed by atoms with Crippen molar-refractivity contribution in [3.63, 3.8) is 0 Å². The van der Waals surface area contributed by atoms with E-state index in [0.717, 1.165) is 11.1 Å². The van der Waals surface area contributed by atoms with Crippen molar-refractivity contribution in [1.82, 2.24) is 25.1 Å². The maximum absolute atomic E-state index is 12.3. The van der Waals surface area contributed by atoms with Crippen LogP contribution in [-0.2, 0) is 6.42 Å². The van der Waals surface area contributed by atoms with Gasteiger partial charge in [-0.1, -0.05) is 23.4 Å². The number of rotatable bonds is 5. The van der Waals surface area contributed by atoms with E-state index >= 15 is 0 Å². The van der Waals surface area contributed by atoms with Crippen molar-refractivity contribution in [3.8, 4) is 11.4 Å². The molecule has 0 aliphatic heterocycles. The number of aromatic amines is 2. The molecule has 3 heterocycles. The predicted molar refractivity (Wildman–Crippen MR) is 96.1 cm³/mol. The SMILES string of the molecule is O=C(Nc1ccccc1Cc1nc(-c2ccncc2)no1)c1c[nH]c(=O)[nH]1. The molecule has 3 aromatic heterocycles. The number of pyridine rings is 1. The molecule has 4 rings (SSSR count). The number of carbonyl (C=O) groups excluding carboxylic acids is 1. The van der Waals surface area contributed by atoms with Gasteiger partial charge in [0.25, 0.3) is 5.91 Å². The Hall–Kier alpha value is -4.01. The van der Waals surface area contributed by atoms with Crippen molar-refractivity contribution >= 4 is 11.6 Å². The van der Waals surface area contributed by atoms with Crippen molar-refractivity contribution in [2.45, 2.75) is 6.42 Å². The lowest BCUT2D eigenvalue weighted by Crippen LogP contribution is -2.15. The molecule has 0 bridgehead atoms. The molecule has 3 N–H and O–H groups in total. The van der Waals surface area contributed by atoms with E-state index in [-0.39, 0.29) is 5.69 Å². The number of carbonyl (C=O) groups is 1. The molecule has 1 aromatic carbocycles. The van der Waals surface area contributed by atoms with Gasteiger partial charge < -0.3 is 19.8 Å². The zero-order valence-corrected chi connectivity index (χ0v) is 14.0. The van der Waals surface area contributed by atoms with Gasteiger partial charge in [0.15, 0.2) is 0 Å². The van der Waals surface area contributed by atoms with Gasteiger partial charge in [-0.05, 0) is 23.8 Å². The van der Waals surface area contributed by atoms with Crippen molar-refractivity contribution in [1.29, 1.82) is 0 Å². The summed E-state index contributed by atoms with van der Waals surface area (Å²) >= 11 is 0. The Balaban J connectivity index is 1.54. The van der Waals surface area contributed by atoms with Crippen LogP contribution in [0, 0.1) is 0 Å². The zero-order chi connectivity index (χ0) is 18.6. The maximum atomic E-state index is 12.3. The van der Waals surface area contributed by atoms with E-state index in [2.05, 4.69) is 30.4 Å². The number of hydrogen-bond acceptors (Lipinski definition) is 6. The first kappa shape index (κ1) is 16.5. The number of nitrogens with zero attached hydrogens (tertiary/aromatic N) is 3. The summed E-state index contributed by atoms with van der Waals surface area (Å²) in [4.78, 5) is 36.6. The van der Waals surface area contributed by atoms with Gasteiger partial charge in [-0.2, -0.15) is 4.98 Å². The summed E-state index contributed by atoms with van der Waals surface area (Å²) in [5.41, 5.74) is 1.90. The molecule has 0 spiro atoms. The minimum Gasteiger partial charge on any atom is -0.339 e. The van der Waals surface area contributed by atoms with Gasteiger partial charge >= 0.3 is 5.69 Å². The highest BCUT2D eigenvalue weighted by Crippen LogP contribution is 2.21. The van der Waals surface area contributed by atoms with Gasteiger partial charge in [0.05, 0.1) is 6.42 Å². The Labute approximate surface area is 152 Å². The summed E-state index contributed by atoms with van der Waals surface area (Å²) in [5, 5.41) is 6.75. The molecule has 9 heteroatoms. The van der Waals surface area contributed by atoms with Crippen molar-refractivity contribution < 1.29 is 9.32 Å². The van der Waals surface area contributed by atoms with Crippen LogP contribution in [0.15, 0.2) is 64.3 Å². The second-order valence-electron chi connectivity index (χ2n) is 5.69. The Bertz CT molecular complexity index is 1130. The first-order valence-electron chi connectivity index (χ1n) is 8.09. The van der Waals surface area contributed by atoms with Gasteiger partial charge in [0.1, 0.15) is 5.69 Å². The van der Waals surface area contributed by atoms with Gasteiger partial charge in [0, 0.05) is 29.8 Å². The fraction of sp³-hybridized carbons (Fsp3) is 0.0556. The molecule has 0 saturated heterocycles. The highest BCUT2D eigenvalue weighted by atomic mass is 16.5. The molecular weight excluding hydrogens is 348 g/mol. The minimum absolute atomic E-state index is 0.146. The largest absolute Gasteiger partial charge is 0.339 e. The summed E-state index contributed by atoms with van der Waals surface area (Å²) in [6.45, 7) is 0. The van der Waals surface area contributed by atoms with Crippen LogP contribution in [0.25, 0.3) is 11.4 Å². The highest BCUT2D eigenvalue weighted by molar-refractivity contribution is 6.03. The lowest BCUT2D eigenvalue weighted by molar-refractivity contribution is 0.102. The number of para-hydroxylation sites is 1. The Morgan fingerprint density at radius 1 is 1.15 bits per heavy atom. The fourth-order valence-corrected chi connectivity index (χ4v) is 2.55. The van der Waals surface area contributed by atoms with Crippen molar-refractivity contribution in [2.75, 3.05) is 5.32 Å². The first-order valence-corrected chi connectivity index (χ1v) is 8.09. The summed E-state index contributed by atoms with van der Waals surface area (Å²) in [6, 6.07) is 10.9. The number of anilines is 1. The fourth-order valence-electron chi connectivity index (χ4n) is 2.55. The normalized spacial score (nSPS) is 10.7. The molecule has 0 saturated carbocycles. The van der Waals surface area contributed by atoms with Crippen LogP contribution in [0.4, 0.5) is 5.69 Å². The molecule has 0 aliphatic carbocycles. The van der Waals surface area contributed by atoms with E-state index in [9.17, 15) is 9.59 Å². The van der Waals surface area contributed by atoms with E-state index in [0.29, 0.717) is 23.8 Å². The summed E-state index contributed by atoms with van der Waals surface area (Å²) < 4.78 is 5.32. The number of benzene rings is 1. The van der Waals surface area contributed by atoms with Gasteiger partial charge in [0.2, 0.25) is 11.7 Å². The second kappa shape index (κ2) is 7.08. The van der Waals surface area contributed by atoms with Crippen molar-refractivity contribution in [3.05, 3.63) is 82.6 Å². The van der Waals surface area contributed by atoms with Gasteiger partial charge in [-0.15, -0.1) is 0 Å². The van der Waals surface area contributed by atoms with Crippen LogP contribution in [0.5, 0.6) is 0 Å². The monoisotopic (exact) mass is 362 g/mol. The van der Waals surface area contributed by atoms with E-state index in [1.54, 1.807) is 36.7 Å². The summed E-state index contributed by atoms with van der Waals surface area (Å²) in [6.07, 6.45) is 4.97. The molecule has 27 heavy (non-hydrogen) atoms. The summed E-state index contributed by atoms with van der Waals surface area (Å²) in [7, 11) is 0. The molecule has 4 aromatic rings. The van der Waals surface area contributed by atoms with Crippen LogP contribution >= 0.6 is 0 Å². The third kappa shape index (κ3) is 3.66. The number of imidazole rings is 1. The topological polar surface area (TPSA) is 130 Å². The predicted octanol–water partition coefficient (Wildman–Crippen LogP) is 1.99. The Kier molecular flexibility index (Phi) is 4.32. The first-order chi connectivity index (χ1) is 13.2. The van der Waals surface area contributed by atoms with E-state index in [1.807, 2.05) is 12.1 Å². The third-order valence-corrected chi connectivity index (χ3v) is 3.85. The van der Waals surface area contributed by atoms with Gasteiger partial charge in [-0.25, -0.2) is 4.79 Å². The number of H-pyrrole nitrogens is 2. The molecule has 134 valence electrons. The molecule has 0 aliphatic rings. The van der Waals surface area contributed by atoms with Crippen LogP contribution in [0.1, 0.15) is 21.9 Å². The standard InChI is InChI=1S/C18H14N6O3/c25-17(14-10-20-18(26)22-14)21-13-4-2-1-3-12(13)9-15-23-16(24-27-15)11-5-7-19-8-6-11/h1-8,10H,9H2,(H,21,25)(H2,20,22,26). The third-order valence-electron chi connectivity index (χ3n) is 3.85. The molecular formula is C18H14N6O3. The zero-order valence-electron chi connectivity index (χ0n) is 14.0.